The fourth-order valence-electron chi connectivity index (χ4n) is 3.20. The SMILES string of the molecule is CC[C@H](C)[C@H](Nc1nc(C2CNc3ncc(Cl)cc32)ncc1F)C(=O)NCC(F)(F)F. The number of aromatic nitrogens is 3. The number of hydrogen-bond donors (Lipinski definition) is 3. The second-order valence-electron chi connectivity index (χ2n) is 7.29. The van der Waals surface area contributed by atoms with Gasteiger partial charge in [0.25, 0.3) is 0 Å². The van der Waals surface area contributed by atoms with Crippen molar-refractivity contribution in [2.24, 2.45) is 5.92 Å². The van der Waals surface area contributed by atoms with Gasteiger partial charge in [-0.2, -0.15) is 13.2 Å². The second-order valence-corrected chi connectivity index (χ2v) is 7.73. The zero-order valence-corrected chi connectivity index (χ0v) is 17.5. The third-order valence-electron chi connectivity index (χ3n) is 5.06. The summed E-state index contributed by atoms with van der Waals surface area (Å²) in [4.78, 5) is 24.8. The zero-order valence-electron chi connectivity index (χ0n) is 16.7. The third kappa shape index (κ3) is 5.52. The summed E-state index contributed by atoms with van der Waals surface area (Å²) in [5.41, 5.74) is 0.742. The molecule has 2 aromatic heterocycles. The molecule has 3 N–H and O–H groups in total. The molecule has 2 aromatic rings. The minimum absolute atomic E-state index is 0.262. The number of carbonyl (C=O) groups is 1. The maximum atomic E-state index is 14.4. The van der Waals surface area contributed by atoms with E-state index in [0.29, 0.717) is 23.8 Å². The van der Waals surface area contributed by atoms with Crippen LogP contribution in [0.2, 0.25) is 5.02 Å². The van der Waals surface area contributed by atoms with Crippen LogP contribution in [-0.2, 0) is 4.79 Å². The Morgan fingerprint density at radius 2 is 2.10 bits per heavy atom. The van der Waals surface area contributed by atoms with Crippen LogP contribution in [0.5, 0.6) is 0 Å². The smallest absolute Gasteiger partial charge is 0.369 e. The lowest BCUT2D eigenvalue weighted by molar-refractivity contribution is -0.139. The van der Waals surface area contributed by atoms with Gasteiger partial charge in [-0.1, -0.05) is 31.9 Å². The Hall–Kier alpha value is -2.69. The number of pyridine rings is 1. The Morgan fingerprint density at radius 1 is 1.35 bits per heavy atom. The van der Waals surface area contributed by atoms with Crippen LogP contribution in [0.4, 0.5) is 29.2 Å². The first-order valence-electron chi connectivity index (χ1n) is 9.61. The van der Waals surface area contributed by atoms with Gasteiger partial charge in [0.15, 0.2) is 11.6 Å². The molecule has 0 fully saturated rings. The normalized spacial score (nSPS) is 17.5. The number of halogens is 5. The minimum atomic E-state index is -4.55. The number of rotatable bonds is 7. The van der Waals surface area contributed by atoms with E-state index < -0.39 is 30.5 Å². The van der Waals surface area contributed by atoms with Crippen molar-refractivity contribution >= 4 is 29.1 Å². The monoisotopic (exact) mass is 460 g/mol. The lowest BCUT2D eigenvalue weighted by atomic mass is 9.98. The van der Waals surface area contributed by atoms with Gasteiger partial charge >= 0.3 is 6.18 Å². The van der Waals surface area contributed by atoms with E-state index in [0.717, 1.165) is 11.8 Å². The summed E-state index contributed by atoms with van der Waals surface area (Å²) in [5, 5.41) is 8.02. The summed E-state index contributed by atoms with van der Waals surface area (Å²) in [7, 11) is 0. The van der Waals surface area contributed by atoms with E-state index >= 15 is 0 Å². The molecule has 0 aliphatic carbocycles. The van der Waals surface area contributed by atoms with Crippen molar-refractivity contribution in [1.82, 2.24) is 20.3 Å². The molecule has 3 heterocycles. The summed E-state index contributed by atoms with van der Waals surface area (Å²) in [6.07, 6.45) is -1.63. The van der Waals surface area contributed by atoms with Gasteiger partial charge in [0.2, 0.25) is 5.91 Å². The standard InChI is InChI=1S/C19H21ClF4N6O/c1-3-9(2)14(18(31)28-8-19(22,23)24)29-17-13(21)7-27-16(30-17)12-6-26-15-11(12)4-10(20)5-25-15/h4-5,7,9,12,14H,3,6,8H2,1-2H3,(H,25,26)(H,28,31)(H,27,29,30)/t9-,12?,14-/m0/s1. The molecule has 31 heavy (non-hydrogen) atoms. The maximum Gasteiger partial charge on any atom is 0.405 e. The van der Waals surface area contributed by atoms with Gasteiger partial charge in [-0.25, -0.2) is 19.3 Å². The van der Waals surface area contributed by atoms with Crippen molar-refractivity contribution in [1.29, 1.82) is 0 Å². The van der Waals surface area contributed by atoms with E-state index in [9.17, 15) is 22.4 Å². The minimum Gasteiger partial charge on any atom is -0.369 e. The number of fused-ring (bicyclic) bond motifs is 1. The van der Waals surface area contributed by atoms with Gasteiger partial charge in [-0.3, -0.25) is 4.79 Å². The third-order valence-corrected chi connectivity index (χ3v) is 5.26. The average molecular weight is 461 g/mol. The zero-order chi connectivity index (χ0) is 22.8. The number of nitrogens with zero attached hydrogens (tertiary/aromatic N) is 3. The molecule has 12 heteroatoms. The van der Waals surface area contributed by atoms with Crippen LogP contribution in [0.15, 0.2) is 18.5 Å². The van der Waals surface area contributed by atoms with Crippen molar-refractivity contribution in [3.05, 3.63) is 40.7 Å². The van der Waals surface area contributed by atoms with E-state index in [-0.39, 0.29) is 23.5 Å². The Kier molecular flexibility index (Phi) is 6.83. The molecular weight excluding hydrogens is 440 g/mol. The van der Waals surface area contributed by atoms with Crippen molar-refractivity contribution in [3.63, 3.8) is 0 Å². The number of alkyl halides is 3. The molecule has 1 amide bonds. The lowest BCUT2D eigenvalue weighted by Gasteiger charge is -2.25. The molecule has 0 bridgehead atoms. The first-order chi connectivity index (χ1) is 14.6. The molecule has 7 nitrogen and oxygen atoms in total. The van der Waals surface area contributed by atoms with Gasteiger partial charge in [0.05, 0.1) is 17.1 Å². The van der Waals surface area contributed by atoms with E-state index in [1.165, 1.54) is 6.20 Å². The predicted molar refractivity (Wildman–Crippen MR) is 108 cm³/mol. The highest BCUT2D eigenvalue weighted by molar-refractivity contribution is 6.30. The number of anilines is 2. The fraction of sp³-hybridized carbons (Fsp3) is 0.474. The quantitative estimate of drug-likeness (QED) is 0.545. The van der Waals surface area contributed by atoms with Crippen molar-refractivity contribution in [2.45, 2.75) is 38.4 Å². The average Bonchev–Trinajstić information content (AvgIpc) is 3.13. The summed E-state index contributed by atoms with van der Waals surface area (Å²) < 4.78 is 51.9. The molecule has 1 aliphatic heterocycles. The number of amides is 1. The van der Waals surface area contributed by atoms with Gasteiger partial charge in [-0.15, -0.1) is 0 Å². The molecular formula is C19H21ClF4N6O. The summed E-state index contributed by atoms with van der Waals surface area (Å²) in [5.74, 6) is -1.85. The Balaban J connectivity index is 1.85. The van der Waals surface area contributed by atoms with Gasteiger partial charge < -0.3 is 16.0 Å². The highest BCUT2D eigenvalue weighted by atomic mass is 35.5. The summed E-state index contributed by atoms with van der Waals surface area (Å²) in [6.45, 7) is 2.39. The Labute approximate surface area is 181 Å². The van der Waals surface area contributed by atoms with Crippen molar-refractivity contribution in [2.75, 3.05) is 23.7 Å². The molecule has 3 atom stereocenters. The Bertz CT molecular complexity index is 957. The van der Waals surface area contributed by atoms with Crippen LogP contribution in [0.25, 0.3) is 0 Å². The van der Waals surface area contributed by atoms with Gasteiger partial charge in [0.1, 0.15) is 24.2 Å². The molecule has 0 spiro atoms. The van der Waals surface area contributed by atoms with E-state index in [1.54, 1.807) is 19.9 Å². The molecule has 0 aromatic carbocycles. The first-order valence-corrected chi connectivity index (χ1v) is 9.99. The number of hydrogen-bond acceptors (Lipinski definition) is 6. The highest BCUT2D eigenvalue weighted by Gasteiger charge is 2.33. The summed E-state index contributed by atoms with van der Waals surface area (Å²) in [6, 6.07) is 0.593. The number of carbonyl (C=O) groups excluding carboxylic acids is 1. The van der Waals surface area contributed by atoms with Crippen LogP contribution in [-0.4, -0.2) is 46.2 Å². The van der Waals surface area contributed by atoms with E-state index in [4.69, 9.17) is 11.6 Å². The molecule has 1 unspecified atom stereocenters. The highest BCUT2D eigenvalue weighted by Crippen LogP contribution is 2.35. The largest absolute Gasteiger partial charge is 0.405 e. The van der Waals surface area contributed by atoms with Crippen LogP contribution in [0.3, 0.4) is 0 Å². The molecule has 0 saturated carbocycles. The lowest BCUT2D eigenvalue weighted by Crippen LogP contribution is -2.46. The van der Waals surface area contributed by atoms with Gasteiger partial charge in [0, 0.05) is 18.3 Å². The van der Waals surface area contributed by atoms with Crippen molar-refractivity contribution in [3.8, 4) is 0 Å². The fourth-order valence-corrected chi connectivity index (χ4v) is 3.37. The van der Waals surface area contributed by atoms with E-state index in [1.807, 2.05) is 5.32 Å². The molecule has 3 rings (SSSR count). The van der Waals surface area contributed by atoms with Crippen LogP contribution in [0, 0.1) is 11.7 Å². The maximum absolute atomic E-state index is 14.4. The predicted octanol–water partition coefficient (Wildman–Crippen LogP) is 3.73. The van der Waals surface area contributed by atoms with E-state index in [2.05, 4.69) is 25.6 Å². The topological polar surface area (TPSA) is 91.8 Å². The molecule has 0 radical (unpaired) electrons. The van der Waals surface area contributed by atoms with Crippen LogP contribution < -0.4 is 16.0 Å². The molecule has 168 valence electrons. The second kappa shape index (κ2) is 9.21. The van der Waals surface area contributed by atoms with Crippen LogP contribution >= 0.6 is 11.6 Å². The molecule has 1 aliphatic rings. The first kappa shape index (κ1) is 23.0. The Morgan fingerprint density at radius 3 is 2.77 bits per heavy atom. The summed E-state index contributed by atoms with van der Waals surface area (Å²) >= 11 is 6.02. The van der Waals surface area contributed by atoms with Gasteiger partial charge in [-0.05, 0) is 12.0 Å². The van der Waals surface area contributed by atoms with Crippen LogP contribution in [0.1, 0.15) is 37.6 Å². The number of nitrogens with one attached hydrogen (secondary N) is 3. The molecule has 0 saturated heterocycles. The van der Waals surface area contributed by atoms with Crippen molar-refractivity contribution < 1.29 is 22.4 Å².